The summed E-state index contributed by atoms with van der Waals surface area (Å²) in [5.74, 6) is 0.651. The fraction of sp³-hybridized carbons (Fsp3) is 0.300. The Morgan fingerprint density at radius 3 is 2.78 bits per heavy atom. The summed E-state index contributed by atoms with van der Waals surface area (Å²) in [5, 5.41) is 6.84. The summed E-state index contributed by atoms with van der Waals surface area (Å²) in [4.78, 5) is 17.8. The number of nitrogens with one attached hydrogen (secondary N) is 1. The van der Waals surface area contributed by atoms with Gasteiger partial charge < -0.3 is 19.6 Å². The van der Waals surface area contributed by atoms with Crippen LogP contribution < -0.4 is 14.8 Å². The zero-order valence-electron chi connectivity index (χ0n) is 15.4. The fourth-order valence-corrected chi connectivity index (χ4v) is 2.92. The molecule has 3 rings (SSSR count). The molecular formula is C20H21FN2O4. The van der Waals surface area contributed by atoms with E-state index < -0.39 is 6.10 Å². The van der Waals surface area contributed by atoms with Gasteiger partial charge >= 0.3 is 0 Å². The standard InChI is InChI=1S/C20H21FN2O4/c1-12(16-10-15(25-2)7-8-18(16)26-3)22-20(24)19-11-17(23-27-19)13-5-4-6-14(21)9-13/h4-10,12,19H,11H2,1-3H3,(H,22,24)/t12-,19+/m1/s1. The van der Waals surface area contributed by atoms with Crippen LogP contribution in [0.25, 0.3) is 0 Å². The van der Waals surface area contributed by atoms with E-state index in [9.17, 15) is 9.18 Å². The molecule has 2 aromatic carbocycles. The number of benzene rings is 2. The van der Waals surface area contributed by atoms with Gasteiger partial charge in [0.15, 0.2) is 0 Å². The van der Waals surface area contributed by atoms with Gasteiger partial charge in [-0.1, -0.05) is 17.3 Å². The van der Waals surface area contributed by atoms with E-state index in [4.69, 9.17) is 14.3 Å². The molecule has 27 heavy (non-hydrogen) atoms. The first-order valence-corrected chi connectivity index (χ1v) is 8.52. The Bertz CT molecular complexity index is 869. The third kappa shape index (κ3) is 4.19. The Kier molecular flexibility index (Phi) is 5.59. The third-order valence-electron chi connectivity index (χ3n) is 4.38. The number of rotatable bonds is 6. The summed E-state index contributed by atoms with van der Waals surface area (Å²) < 4.78 is 24.0. The monoisotopic (exact) mass is 372 g/mol. The molecule has 0 unspecified atom stereocenters. The maximum Gasteiger partial charge on any atom is 0.264 e. The Balaban J connectivity index is 1.66. The molecule has 0 bridgehead atoms. The highest BCUT2D eigenvalue weighted by Crippen LogP contribution is 2.29. The topological polar surface area (TPSA) is 69.2 Å². The smallest absolute Gasteiger partial charge is 0.264 e. The lowest BCUT2D eigenvalue weighted by Gasteiger charge is -2.19. The molecule has 0 saturated carbocycles. The van der Waals surface area contributed by atoms with Gasteiger partial charge in [-0.3, -0.25) is 4.79 Å². The van der Waals surface area contributed by atoms with Gasteiger partial charge in [-0.2, -0.15) is 0 Å². The molecule has 0 fully saturated rings. The maximum absolute atomic E-state index is 13.4. The number of ether oxygens (including phenoxy) is 2. The second-order valence-electron chi connectivity index (χ2n) is 6.18. The van der Waals surface area contributed by atoms with Crippen molar-refractivity contribution < 1.29 is 23.5 Å². The molecule has 0 radical (unpaired) electrons. The molecule has 2 atom stereocenters. The van der Waals surface area contributed by atoms with Gasteiger partial charge in [0, 0.05) is 17.5 Å². The lowest BCUT2D eigenvalue weighted by molar-refractivity contribution is -0.131. The van der Waals surface area contributed by atoms with Crippen molar-refractivity contribution in [1.29, 1.82) is 0 Å². The molecule has 0 spiro atoms. The number of carbonyl (C=O) groups is 1. The Morgan fingerprint density at radius 2 is 2.07 bits per heavy atom. The number of methoxy groups -OCH3 is 2. The van der Waals surface area contributed by atoms with Crippen molar-refractivity contribution in [2.75, 3.05) is 14.2 Å². The Labute approximate surface area is 156 Å². The largest absolute Gasteiger partial charge is 0.497 e. The number of hydrogen-bond donors (Lipinski definition) is 1. The molecule has 6 nitrogen and oxygen atoms in total. The van der Waals surface area contributed by atoms with Crippen molar-refractivity contribution in [3.8, 4) is 11.5 Å². The van der Waals surface area contributed by atoms with Gasteiger partial charge in [0.1, 0.15) is 17.3 Å². The molecule has 7 heteroatoms. The maximum atomic E-state index is 13.4. The van der Waals surface area contributed by atoms with Crippen molar-refractivity contribution in [3.05, 3.63) is 59.4 Å². The van der Waals surface area contributed by atoms with Crippen molar-refractivity contribution in [3.63, 3.8) is 0 Å². The van der Waals surface area contributed by atoms with Gasteiger partial charge in [-0.25, -0.2) is 4.39 Å². The van der Waals surface area contributed by atoms with Crippen molar-refractivity contribution >= 4 is 11.6 Å². The van der Waals surface area contributed by atoms with Crippen LogP contribution in [-0.2, 0) is 9.63 Å². The number of nitrogens with zero attached hydrogens (tertiary/aromatic N) is 1. The molecular weight excluding hydrogens is 351 g/mol. The highest BCUT2D eigenvalue weighted by Gasteiger charge is 2.30. The van der Waals surface area contributed by atoms with Gasteiger partial charge in [0.2, 0.25) is 6.10 Å². The van der Waals surface area contributed by atoms with Crippen molar-refractivity contribution in [2.45, 2.75) is 25.5 Å². The van der Waals surface area contributed by atoms with Gasteiger partial charge in [-0.05, 0) is 37.3 Å². The van der Waals surface area contributed by atoms with Crippen LogP contribution in [0.15, 0.2) is 47.6 Å². The average Bonchev–Trinajstić information content (AvgIpc) is 3.17. The number of oxime groups is 1. The minimum atomic E-state index is -0.762. The molecule has 1 aliphatic heterocycles. The first-order valence-electron chi connectivity index (χ1n) is 8.52. The average molecular weight is 372 g/mol. The summed E-state index contributed by atoms with van der Waals surface area (Å²) in [6.07, 6.45) is -0.487. The first-order chi connectivity index (χ1) is 13.0. The van der Waals surface area contributed by atoms with Crippen molar-refractivity contribution in [2.24, 2.45) is 5.16 Å². The predicted molar refractivity (Wildman–Crippen MR) is 98.5 cm³/mol. The van der Waals surface area contributed by atoms with Crippen LogP contribution in [-0.4, -0.2) is 31.9 Å². The Morgan fingerprint density at radius 1 is 1.26 bits per heavy atom. The highest BCUT2D eigenvalue weighted by atomic mass is 19.1. The minimum Gasteiger partial charge on any atom is -0.497 e. The van der Waals surface area contributed by atoms with E-state index in [0.29, 0.717) is 22.8 Å². The van der Waals surface area contributed by atoms with E-state index in [1.54, 1.807) is 38.5 Å². The van der Waals surface area contributed by atoms with E-state index in [1.807, 2.05) is 13.0 Å². The summed E-state index contributed by atoms with van der Waals surface area (Å²) >= 11 is 0. The molecule has 0 aromatic heterocycles. The fourth-order valence-electron chi connectivity index (χ4n) is 2.92. The second kappa shape index (κ2) is 8.07. The SMILES string of the molecule is COc1ccc(OC)c([C@@H](C)NC(=O)[C@@H]2CC(c3cccc(F)c3)=NO2)c1. The molecule has 1 amide bonds. The van der Waals surface area contributed by atoms with E-state index in [-0.39, 0.29) is 24.2 Å². The van der Waals surface area contributed by atoms with Gasteiger partial charge in [0.05, 0.1) is 26.0 Å². The molecule has 2 aromatic rings. The van der Waals surface area contributed by atoms with Crippen LogP contribution in [0.3, 0.4) is 0 Å². The van der Waals surface area contributed by atoms with E-state index in [0.717, 1.165) is 5.56 Å². The van der Waals surface area contributed by atoms with Crippen LogP contribution in [0, 0.1) is 5.82 Å². The zero-order valence-corrected chi connectivity index (χ0v) is 15.4. The number of amides is 1. The number of hydrogen-bond acceptors (Lipinski definition) is 5. The van der Waals surface area contributed by atoms with Crippen LogP contribution >= 0.6 is 0 Å². The van der Waals surface area contributed by atoms with Crippen molar-refractivity contribution in [1.82, 2.24) is 5.32 Å². The van der Waals surface area contributed by atoms with Crippen LogP contribution in [0.4, 0.5) is 4.39 Å². The molecule has 1 heterocycles. The van der Waals surface area contributed by atoms with E-state index >= 15 is 0 Å². The Hall–Kier alpha value is -3.09. The highest BCUT2D eigenvalue weighted by molar-refractivity contribution is 6.04. The van der Waals surface area contributed by atoms with Crippen LogP contribution in [0.1, 0.15) is 30.5 Å². The zero-order chi connectivity index (χ0) is 19.4. The molecule has 1 aliphatic rings. The summed E-state index contributed by atoms with van der Waals surface area (Å²) in [6.45, 7) is 1.85. The number of halogens is 1. The van der Waals surface area contributed by atoms with Gasteiger partial charge in [0.25, 0.3) is 5.91 Å². The summed E-state index contributed by atoms with van der Waals surface area (Å²) in [5.41, 5.74) is 1.93. The summed E-state index contributed by atoms with van der Waals surface area (Å²) in [7, 11) is 3.14. The molecule has 1 N–H and O–H groups in total. The first kappa shape index (κ1) is 18.7. The molecule has 0 aliphatic carbocycles. The van der Waals surface area contributed by atoms with Crippen LogP contribution in [0.2, 0.25) is 0 Å². The lowest BCUT2D eigenvalue weighted by Crippen LogP contribution is -2.36. The minimum absolute atomic E-state index is 0.275. The predicted octanol–water partition coefficient (Wildman–Crippen LogP) is 3.21. The van der Waals surface area contributed by atoms with Crippen LogP contribution in [0.5, 0.6) is 11.5 Å². The normalized spacial score (nSPS) is 16.9. The van der Waals surface area contributed by atoms with E-state index in [2.05, 4.69) is 10.5 Å². The number of carbonyl (C=O) groups excluding carboxylic acids is 1. The lowest BCUT2D eigenvalue weighted by atomic mass is 10.0. The molecule has 142 valence electrons. The van der Waals surface area contributed by atoms with Gasteiger partial charge in [-0.15, -0.1) is 0 Å². The second-order valence-corrected chi connectivity index (χ2v) is 6.18. The molecule has 0 saturated heterocycles. The van der Waals surface area contributed by atoms with E-state index in [1.165, 1.54) is 12.1 Å². The third-order valence-corrected chi connectivity index (χ3v) is 4.38. The quantitative estimate of drug-likeness (QED) is 0.845. The summed E-state index contributed by atoms with van der Waals surface area (Å²) in [6, 6.07) is 11.1.